The van der Waals surface area contributed by atoms with E-state index in [1.165, 1.54) is 70.6 Å². The number of aliphatic hydroxyl groups excluding tert-OH is 1. The van der Waals surface area contributed by atoms with Crippen LogP contribution in [0.2, 0.25) is 36.3 Å². The first-order chi connectivity index (χ1) is 39.1. The topological polar surface area (TPSA) is 346 Å². The molecule has 0 spiro atoms. The van der Waals surface area contributed by atoms with Crippen LogP contribution in [-0.2, 0) is 94.5 Å². The molecular formula is C52H85IN6O23Si2. The summed E-state index contributed by atoms with van der Waals surface area (Å²) in [6, 6.07) is 2.90. The van der Waals surface area contributed by atoms with E-state index in [9.17, 15) is 43.5 Å². The lowest BCUT2D eigenvalue weighted by Crippen LogP contribution is -2.51. The summed E-state index contributed by atoms with van der Waals surface area (Å²) in [5.74, 6) is -2.58. The van der Waals surface area contributed by atoms with E-state index in [2.05, 4.69) is 77.1 Å². The average Bonchev–Trinajstić information content (AvgIpc) is 2.96. The molecule has 0 radical (unpaired) electrons. The van der Waals surface area contributed by atoms with Gasteiger partial charge in [-0.1, -0.05) is 64.1 Å². The molecule has 4 heterocycles. The molecule has 2 saturated heterocycles. The van der Waals surface area contributed by atoms with Crippen LogP contribution in [0.3, 0.4) is 0 Å². The molecule has 476 valence electrons. The van der Waals surface area contributed by atoms with Crippen LogP contribution in [0, 0.1) is 0 Å². The fourth-order valence-corrected chi connectivity index (χ4v) is 10.6. The molecule has 2 unspecified atom stereocenters. The molecule has 8 atom stereocenters. The van der Waals surface area contributed by atoms with E-state index in [0.29, 0.717) is 4.43 Å². The molecule has 0 aromatic carbocycles. The summed E-state index contributed by atoms with van der Waals surface area (Å²) in [7, 11) is -4.89. The van der Waals surface area contributed by atoms with E-state index in [1.54, 1.807) is 0 Å². The number of nitrogens with one attached hydrogen (secondary N) is 2. The Morgan fingerprint density at radius 3 is 1.13 bits per heavy atom. The Kier molecular flexibility index (Phi) is 29.8. The second-order valence-corrected chi connectivity index (χ2v) is 32.5. The number of nitrogens with zero attached hydrogens (tertiary/aromatic N) is 4. The standard InChI is InChI=1S/C26H42IN3O11Si.C26H43N3O12Si/c1-16(31)28-20-9-10-30(24(34)29-20)23-22(21(19(15-27)39-23)41-42(7,8)26(4,5)6)40-25(37-13-11-35-17(2)32)38-14-12-36-18(3)33;1-16(31)27-20-9-10-29(24(34)28-20)23-22(21(19(15-30)39-23)41-42(7,8)26(4,5)6)40-25(37-13-11-35-17(2)32)38-14-12-36-18(3)33/h9-10,19,21-23,25H,11-15H2,1-8H3,(H,28,29,31,34);9-10,19,21-23,25,30H,11-15H2,1-8H3,(H,27,28,31,34)/t2*19-,21+,22?,23-/m11/s1. The minimum atomic E-state index is -2.50. The largest absolute Gasteiger partial charge is 0.463 e. The van der Waals surface area contributed by atoms with Crippen LogP contribution in [-0.4, -0.2) is 190 Å². The summed E-state index contributed by atoms with van der Waals surface area (Å²) < 4.78 is 84.0. The minimum absolute atomic E-state index is 0.0486. The van der Waals surface area contributed by atoms with Gasteiger partial charge in [-0.05, 0) is 48.4 Å². The maximum atomic E-state index is 13.1. The summed E-state index contributed by atoms with van der Waals surface area (Å²) in [6.07, 6.45) is -4.19. The Labute approximate surface area is 504 Å². The van der Waals surface area contributed by atoms with E-state index in [-0.39, 0.29) is 80.5 Å². The first-order valence-corrected chi connectivity index (χ1v) is 34.3. The van der Waals surface area contributed by atoms with Gasteiger partial charge in [-0.2, -0.15) is 9.97 Å². The van der Waals surface area contributed by atoms with E-state index >= 15 is 0 Å². The zero-order valence-electron chi connectivity index (χ0n) is 50.7. The number of aliphatic hydroxyl groups is 1. The van der Waals surface area contributed by atoms with Crippen molar-refractivity contribution in [2.45, 2.75) is 181 Å². The second kappa shape index (κ2) is 34.0. The number of aromatic nitrogens is 4. The third-order valence-corrected chi connectivity index (χ3v) is 23.1. The number of rotatable bonds is 30. The van der Waals surface area contributed by atoms with Gasteiger partial charge in [-0.25, -0.2) is 9.59 Å². The van der Waals surface area contributed by atoms with Crippen LogP contribution < -0.4 is 22.0 Å². The molecule has 2 aliphatic heterocycles. The van der Waals surface area contributed by atoms with Gasteiger partial charge < -0.3 is 81.4 Å². The number of halogens is 1. The zero-order valence-corrected chi connectivity index (χ0v) is 54.9. The number of ether oxygens (including phenoxy) is 12. The number of hydrogen-bond acceptors (Lipinski definition) is 25. The maximum absolute atomic E-state index is 13.1. The molecule has 2 aromatic rings. The summed E-state index contributed by atoms with van der Waals surface area (Å²) in [5, 5.41) is 14.8. The number of hydrogen-bond donors (Lipinski definition) is 3. The summed E-state index contributed by atoms with van der Waals surface area (Å²) in [6.45, 7) is 24.5. The normalized spacial score (nSPS) is 20.9. The van der Waals surface area contributed by atoms with Crippen LogP contribution in [0.4, 0.5) is 11.6 Å². The highest BCUT2D eigenvalue weighted by Gasteiger charge is 2.54. The molecule has 4 rings (SSSR count). The third kappa shape index (κ3) is 23.9. The van der Waals surface area contributed by atoms with Crippen molar-refractivity contribution in [3.05, 3.63) is 45.5 Å². The van der Waals surface area contributed by atoms with Gasteiger partial charge >= 0.3 is 35.3 Å². The number of esters is 4. The number of anilines is 2. The molecule has 0 saturated carbocycles. The van der Waals surface area contributed by atoms with E-state index in [1.807, 2.05) is 33.9 Å². The van der Waals surface area contributed by atoms with E-state index in [0.717, 1.165) is 4.57 Å². The molecule has 3 N–H and O–H groups in total. The van der Waals surface area contributed by atoms with Crippen molar-refractivity contribution in [1.82, 2.24) is 19.1 Å². The lowest BCUT2D eigenvalue weighted by molar-refractivity contribution is -0.320. The third-order valence-electron chi connectivity index (χ3n) is 13.3. The maximum Gasteiger partial charge on any atom is 0.351 e. The van der Waals surface area contributed by atoms with Crippen molar-refractivity contribution in [2.75, 3.05) is 74.5 Å². The quantitative estimate of drug-likeness (QED) is 0.0189. The van der Waals surface area contributed by atoms with E-state index in [4.69, 9.17) is 65.7 Å². The highest BCUT2D eigenvalue weighted by molar-refractivity contribution is 14.1. The van der Waals surface area contributed by atoms with Crippen molar-refractivity contribution >= 4 is 86.6 Å². The second-order valence-electron chi connectivity index (χ2n) is 22.1. The summed E-state index contributed by atoms with van der Waals surface area (Å²) in [4.78, 5) is 102. The smallest absolute Gasteiger partial charge is 0.351 e. The number of amides is 2. The molecule has 84 heavy (non-hydrogen) atoms. The van der Waals surface area contributed by atoms with Gasteiger partial charge in [-0.15, -0.1) is 0 Å². The Balaban J connectivity index is 0.000000440. The van der Waals surface area contributed by atoms with Gasteiger partial charge in [-0.3, -0.25) is 37.9 Å². The van der Waals surface area contributed by atoms with Crippen LogP contribution in [0.1, 0.15) is 95.5 Å². The van der Waals surface area contributed by atoms with Gasteiger partial charge in [0.2, 0.25) is 11.8 Å². The van der Waals surface area contributed by atoms with Crippen molar-refractivity contribution < 1.29 is 99.6 Å². The molecule has 0 bridgehead atoms. The molecule has 29 nitrogen and oxygen atoms in total. The van der Waals surface area contributed by atoms with Crippen molar-refractivity contribution in [3.8, 4) is 0 Å². The Morgan fingerprint density at radius 1 is 0.560 bits per heavy atom. The van der Waals surface area contributed by atoms with Gasteiger partial charge in [0.25, 0.3) is 13.0 Å². The van der Waals surface area contributed by atoms with Crippen LogP contribution in [0.5, 0.6) is 0 Å². The van der Waals surface area contributed by atoms with Gasteiger partial charge in [0.05, 0.1) is 39.1 Å². The first kappa shape index (κ1) is 73.6. The lowest BCUT2D eigenvalue weighted by Gasteiger charge is -2.40. The minimum Gasteiger partial charge on any atom is -0.463 e. The fraction of sp³-hybridized carbons (Fsp3) is 0.731. The Morgan fingerprint density at radius 2 is 0.869 bits per heavy atom. The van der Waals surface area contributed by atoms with Crippen molar-refractivity contribution in [1.29, 1.82) is 0 Å². The molecule has 2 aromatic heterocycles. The molecular weight excluding hydrogens is 1260 g/mol. The van der Waals surface area contributed by atoms with Crippen molar-refractivity contribution in [2.24, 2.45) is 0 Å². The van der Waals surface area contributed by atoms with Crippen LogP contribution in [0.25, 0.3) is 0 Å². The lowest BCUT2D eigenvalue weighted by atomic mass is 10.1. The molecule has 2 aliphatic rings. The predicted molar refractivity (Wildman–Crippen MR) is 311 cm³/mol. The molecule has 32 heteroatoms. The highest BCUT2D eigenvalue weighted by Crippen LogP contribution is 2.44. The van der Waals surface area contributed by atoms with Crippen molar-refractivity contribution in [3.63, 3.8) is 0 Å². The van der Waals surface area contributed by atoms with Crippen LogP contribution >= 0.6 is 22.6 Å². The number of carbonyl (C=O) groups is 6. The van der Waals surface area contributed by atoms with Gasteiger partial charge in [0, 0.05) is 58.4 Å². The van der Waals surface area contributed by atoms with E-state index < -0.39 is 126 Å². The molecule has 0 aliphatic carbocycles. The number of alkyl halides is 1. The fourth-order valence-electron chi connectivity index (χ4n) is 7.29. The summed E-state index contributed by atoms with van der Waals surface area (Å²) in [5.41, 5.74) is -1.43. The Bertz CT molecular complexity index is 2380. The van der Waals surface area contributed by atoms with Gasteiger partial charge in [0.15, 0.2) is 29.1 Å². The zero-order chi connectivity index (χ0) is 63.3. The first-order valence-electron chi connectivity index (χ1n) is 27.0. The molecule has 2 amide bonds. The predicted octanol–water partition coefficient (Wildman–Crippen LogP) is 4.06. The van der Waals surface area contributed by atoms with Crippen LogP contribution in [0.15, 0.2) is 34.1 Å². The monoisotopic (exact) mass is 1340 g/mol. The Hall–Kier alpha value is -4.70. The number of carbonyl (C=O) groups excluding carboxylic acids is 6. The molecule has 2 fully saturated rings. The highest BCUT2D eigenvalue weighted by atomic mass is 127. The SMILES string of the molecule is CC(=O)Nc1ccn([C@@H]2O[C@H](CI)[C@H](O[Si](C)(C)C(C)(C)C)C2OC(OCCOC(C)=O)OCCOC(C)=O)c(=O)n1.CC(=O)Nc1ccn([C@@H]2O[C@H](CO)[C@H](O[Si](C)(C)C(C)(C)C)C2OC(OCCOC(C)=O)OCCOC(C)=O)c(=O)n1. The van der Waals surface area contributed by atoms with Gasteiger partial charge in [0.1, 0.15) is 68.6 Å². The average molecular weight is 1350 g/mol. The summed E-state index contributed by atoms with van der Waals surface area (Å²) >= 11 is 2.19.